The molecule has 3 atom stereocenters. The van der Waals surface area contributed by atoms with Crippen molar-refractivity contribution in [1.29, 1.82) is 0 Å². The van der Waals surface area contributed by atoms with Gasteiger partial charge in [0.25, 0.3) is 0 Å². The Morgan fingerprint density at radius 3 is 2.74 bits per heavy atom. The standard InChI is InChI=1S/C16H25NOS/c1-12-6-4-5-7-13(12)11-19(18)15-10-16(2,3)9-8-14(15)17/h4-7,14-15H,8-11,17H2,1-3H3. The van der Waals surface area contributed by atoms with Gasteiger partial charge in [0, 0.05) is 22.6 Å². The lowest BCUT2D eigenvalue weighted by Gasteiger charge is -2.38. The highest BCUT2D eigenvalue weighted by Gasteiger charge is 2.36. The molecule has 1 aliphatic rings. The summed E-state index contributed by atoms with van der Waals surface area (Å²) >= 11 is 0. The Morgan fingerprint density at radius 2 is 2.05 bits per heavy atom. The van der Waals surface area contributed by atoms with E-state index in [0.717, 1.165) is 19.3 Å². The predicted octanol–water partition coefficient (Wildman–Crippen LogP) is 3.15. The molecule has 3 heteroatoms. The number of hydrogen-bond acceptors (Lipinski definition) is 2. The largest absolute Gasteiger partial charge is 0.327 e. The topological polar surface area (TPSA) is 43.1 Å². The fourth-order valence-corrected chi connectivity index (χ4v) is 4.87. The summed E-state index contributed by atoms with van der Waals surface area (Å²) in [4.78, 5) is 0. The molecule has 19 heavy (non-hydrogen) atoms. The van der Waals surface area contributed by atoms with E-state index < -0.39 is 10.8 Å². The van der Waals surface area contributed by atoms with Crippen LogP contribution in [0.4, 0.5) is 0 Å². The highest BCUT2D eigenvalue weighted by atomic mass is 32.2. The maximum Gasteiger partial charge on any atom is 0.0507 e. The average molecular weight is 279 g/mol. The predicted molar refractivity (Wildman–Crippen MR) is 82.4 cm³/mol. The average Bonchev–Trinajstić information content (AvgIpc) is 2.35. The van der Waals surface area contributed by atoms with Gasteiger partial charge in [0.05, 0.1) is 5.25 Å². The van der Waals surface area contributed by atoms with Crippen LogP contribution < -0.4 is 5.73 Å². The van der Waals surface area contributed by atoms with Crippen molar-refractivity contribution in [3.63, 3.8) is 0 Å². The van der Waals surface area contributed by atoms with Gasteiger partial charge in [-0.3, -0.25) is 4.21 Å². The summed E-state index contributed by atoms with van der Waals surface area (Å²) < 4.78 is 12.6. The first-order valence-electron chi connectivity index (χ1n) is 7.06. The molecular weight excluding hydrogens is 254 g/mol. The van der Waals surface area contributed by atoms with Crippen molar-refractivity contribution in [3.05, 3.63) is 35.4 Å². The van der Waals surface area contributed by atoms with Gasteiger partial charge in [-0.15, -0.1) is 0 Å². The van der Waals surface area contributed by atoms with Gasteiger partial charge in [-0.05, 0) is 42.7 Å². The van der Waals surface area contributed by atoms with Crippen LogP contribution in [-0.2, 0) is 16.6 Å². The molecule has 1 aromatic rings. The van der Waals surface area contributed by atoms with E-state index in [1.165, 1.54) is 11.1 Å². The van der Waals surface area contributed by atoms with Gasteiger partial charge in [-0.1, -0.05) is 38.1 Å². The summed E-state index contributed by atoms with van der Waals surface area (Å²) in [5.41, 5.74) is 8.89. The van der Waals surface area contributed by atoms with E-state index >= 15 is 0 Å². The monoisotopic (exact) mass is 279 g/mol. The molecule has 1 fully saturated rings. The van der Waals surface area contributed by atoms with E-state index in [1.807, 2.05) is 12.1 Å². The molecule has 0 spiro atoms. The van der Waals surface area contributed by atoms with Gasteiger partial charge in [0.1, 0.15) is 0 Å². The van der Waals surface area contributed by atoms with Gasteiger partial charge >= 0.3 is 0 Å². The third kappa shape index (κ3) is 3.67. The van der Waals surface area contributed by atoms with Crippen LogP contribution in [-0.4, -0.2) is 15.5 Å². The molecule has 0 aliphatic heterocycles. The van der Waals surface area contributed by atoms with E-state index in [1.54, 1.807) is 0 Å². The summed E-state index contributed by atoms with van der Waals surface area (Å²) in [6, 6.07) is 8.30. The van der Waals surface area contributed by atoms with Crippen molar-refractivity contribution >= 4 is 10.8 Å². The number of nitrogens with two attached hydrogens (primary N) is 1. The first kappa shape index (κ1) is 14.7. The Hall–Kier alpha value is -0.670. The number of rotatable bonds is 3. The Bertz CT molecular complexity index is 470. The minimum Gasteiger partial charge on any atom is -0.327 e. The Balaban J connectivity index is 2.09. The van der Waals surface area contributed by atoms with Crippen molar-refractivity contribution in [2.45, 2.75) is 57.1 Å². The van der Waals surface area contributed by atoms with Crippen molar-refractivity contribution in [3.8, 4) is 0 Å². The van der Waals surface area contributed by atoms with E-state index in [9.17, 15) is 4.21 Å². The summed E-state index contributed by atoms with van der Waals surface area (Å²) in [5, 5.41) is 0.142. The van der Waals surface area contributed by atoms with Gasteiger partial charge < -0.3 is 5.73 Å². The Morgan fingerprint density at radius 1 is 1.37 bits per heavy atom. The van der Waals surface area contributed by atoms with Crippen LogP contribution in [0.15, 0.2) is 24.3 Å². The number of hydrogen-bond donors (Lipinski definition) is 1. The van der Waals surface area contributed by atoms with E-state index in [0.29, 0.717) is 5.75 Å². The van der Waals surface area contributed by atoms with E-state index in [4.69, 9.17) is 5.73 Å². The van der Waals surface area contributed by atoms with Crippen LogP contribution in [0, 0.1) is 12.3 Å². The van der Waals surface area contributed by atoms with Crippen molar-refractivity contribution in [2.24, 2.45) is 11.1 Å². The molecule has 0 saturated heterocycles. The third-order valence-electron chi connectivity index (χ3n) is 4.28. The summed E-state index contributed by atoms with van der Waals surface area (Å²) in [6.45, 7) is 6.60. The smallest absolute Gasteiger partial charge is 0.0507 e. The number of benzene rings is 1. The molecular formula is C16H25NOS. The second-order valence-corrected chi connectivity index (χ2v) is 8.22. The lowest BCUT2D eigenvalue weighted by molar-refractivity contribution is 0.230. The molecule has 0 aromatic heterocycles. The molecule has 106 valence electrons. The zero-order valence-electron chi connectivity index (χ0n) is 12.2. The highest BCUT2D eigenvalue weighted by molar-refractivity contribution is 7.84. The zero-order chi connectivity index (χ0) is 14.0. The molecule has 2 nitrogen and oxygen atoms in total. The SMILES string of the molecule is Cc1ccccc1CS(=O)C1CC(C)(C)CCC1N. The fourth-order valence-electron chi connectivity index (χ4n) is 2.86. The van der Waals surface area contributed by atoms with Crippen LogP contribution in [0.5, 0.6) is 0 Å². The maximum atomic E-state index is 12.6. The highest BCUT2D eigenvalue weighted by Crippen LogP contribution is 2.37. The number of aryl methyl sites for hydroxylation is 1. The molecule has 3 unspecified atom stereocenters. The van der Waals surface area contributed by atoms with Crippen LogP contribution in [0.1, 0.15) is 44.2 Å². The maximum absolute atomic E-state index is 12.6. The first-order chi connectivity index (χ1) is 8.89. The lowest BCUT2D eigenvalue weighted by Crippen LogP contribution is -2.45. The molecule has 0 radical (unpaired) electrons. The zero-order valence-corrected chi connectivity index (χ0v) is 13.0. The summed E-state index contributed by atoms with van der Waals surface area (Å²) in [7, 11) is -0.869. The van der Waals surface area contributed by atoms with E-state index in [-0.39, 0.29) is 16.7 Å². The molecule has 1 aliphatic carbocycles. The normalized spacial score (nSPS) is 28.0. The van der Waals surface area contributed by atoms with Crippen LogP contribution >= 0.6 is 0 Å². The third-order valence-corrected chi connectivity index (χ3v) is 6.07. The van der Waals surface area contributed by atoms with Crippen LogP contribution in [0.25, 0.3) is 0 Å². The minimum atomic E-state index is -0.869. The Kier molecular flexibility index (Phi) is 4.46. The summed E-state index contributed by atoms with van der Waals surface area (Å²) in [6.07, 6.45) is 3.12. The molecule has 0 amide bonds. The Labute approximate surface area is 119 Å². The van der Waals surface area contributed by atoms with Gasteiger partial charge in [-0.2, -0.15) is 0 Å². The van der Waals surface area contributed by atoms with Crippen molar-refractivity contribution in [2.75, 3.05) is 0 Å². The molecule has 1 aromatic carbocycles. The molecule has 0 bridgehead atoms. The van der Waals surface area contributed by atoms with Gasteiger partial charge in [-0.25, -0.2) is 0 Å². The minimum absolute atomic E-state index is 0.0953. The van der Waals surface area contributed by atoms with Crippen molar-refractivity contribution in [1.82, 2.24) is 0 Å². The molecule has 2 rings (SSSR count). The quantitative estimate of drug-likeness (QED) is 0.923. The lowest BCUT2D eigenvalue weighted by atomic mass is 9.75. The second-order valence-electron chi connectivity index (χ2n) is 6.56. The second kappa shape index (κ2) is 5.76. The van der Waals surface area contributed by atoms with E-state index in [2.05, 4.69) is 32.9 Å². The molecule has 1 saturated carbocycles. The van der Waals surface area contributed by atoms with Gasteiger partial charge in [0.15, 0.2) is 0 Å². The van der Waals surface area contributed by atoms with Gasteiger partial charge in [0.2, 0.25) is 0 Å². The fraction of sp³-hybridized carbons (Fsp3) is 0.625. The summed E-state index contributed by atoms with van der Waals surface area (Å²) in [5.74, 6) is 0.640. The van der Waals surface area contributed by atoms with Crippen LogP contribution in [0.3, 0.4) is 0 Å². The van der Waals surface area contributed by atoms with Crippen LogP contribution in [0.2, 0.25) is 0 Å². The first-order valence-corrected chi connectivity index (χ1v) is 8.44. The van der Waals surface area contributed by atoms with Crippen molar-refractivity contribution < 1.29 is 4.21 Å². The molecule has 2 N–H and O–H groups in total. The molecule has 0 heterocycles.